The maximum Gasteiger partial charge on any atom is 0.339 e. The molecular weight excluding hydrogens is 254 g/mol. The van der Waals surface area contributed by atoms with E-state index in [0.717, 1.165) is 24.1 Å². The Labute approximate surface area is 117 Å². The lowest BCUT2D eigenvalue weighted by Crippen LogP contribution is -2.08. The van der Waals surface area contributed by atoms with Gasteiger partial charge in [0.2, 0.25) is 0 Å². The van der Waals surface area contributed by atoms with Gasteiger partial charge in [-0.25, -0.2) is 14.8 Å². The summed E-state index contributed by atoms with van der Waals surface area (Å²) in [7, 11) is 0. The van der Waals surface area contributed by atoms with Gasteiger partial charge in [-0.3, -0.25) is 4.98 Å². The fourth-order valence-corrected chi connectivity index (χ4v) is 2.06. The van der Waals surface area contributed by atoms with Crippen LogP contribution in [0.2, 0.25) is 0 Å². The van der Waals surface area contributed by atoms with E-state index in [2.05, 4.69) is 15.0 Å². The van der Waals surface area contributed by atoms with E-state index in [1.54, 1.807) is 6.20 Å². The van der Waals surface area contributed by atoms with Gasteiger partial charge in [-0.15, -0.1) is 0 Å². The van der Waals surface area contributed by atoms with Gasteiger partial charge in [-0.2, -0.15) is 0 Å². The summed E-state index contributed by atoms with van der Waals surface area (Å²) in [5.41, 5.74) is 2.52. The van der Waals surface area contributed by atoms with Gasteiger partial charge in [-0.1, -0.05) is 26.3 Å². The van der Waals surface area contributed by atoms with E-state index in [0.29, 0.717) is 17.9 Å². The van der Waals surface area contributed by atoms with Crippen LogP contribution in [0.1, 0.15) is 41.9 Å². The molecule has 5 nitrogen and oxygen atoms in total. The summed E-state index contributed by atoms with van der Waals surface area (Å²) in [6.45, 7) is 4.03. The van der Waals surface area contributed by atoms with Gasteiger partial charge in [0.25, 0.3) is 0 Å². The minimum Gasteiger partial charge on any atom is -0.478 e. The van der Waals surface area contributed by atoms with Crippen LogP contribution in [0, 0.1) is 0 Å². The zero-order chi connectivity index (χ0) is 14.5. The summed E-state index contributed by atoms with van der Waals surface area (Å²) in [5, 5.41) is 9.16. The van der Waals surface area contributed by atoms with Crippen molar-refractivity contribution in [2.75, 3.05) is 0 Å². The molecule has 5 heteroatoms. The van der Waals surface area contributed by atoms with Gasteiger partial charge in [0.15, 0.2) is 5.82 Å². The SMILES string of the molecule is CCCc1nc(-c2ncccc2CC)ncc1C(=O)O. The summed E-state index contributed by atoms with van der Waals surface area (Å²) in [6, 6.07) is 3.86. The normalized spacial score (nSPS) is 10.5. The maximum absolute atomic E-state index is 11.2. The molecule has 0 bridgehead atoms. The van der Waals surface area contributed by atoms with Gasteiger partial charge in [0.1, 0.15) is 5.69 Å². The Balaban J connectivity index is 2.53. The number of carboxylic acid groups (broad SMARTS) is 1. The maximum atomic E-state index is 11.2. The molecule has 0 aliphatic heterocycles. The quantitative estimate of drug-likeness (QED) is 0.904. The van der Waals surface area contributed by atoms with Crippen molar-refractivity contribution in [3.63, 3.8) is 0 Å². The number of aryl methyl sites for hydroxylation is 2. The van der Waals surface area contributed by atoms with E-state index in [1.807, 2.05) is 26.0 Å². The molecule has 0 aromatic carbocycles. The standard InChI is InChI=1S/C15H17N3O2/c1-3-6-12-11(15(19)20)9-17-14(18-12)13-10(4-2)7-5-8-16-13/h5,7-9H,3-4,6H2,1-2H3,(H,19,20). The first-order valence-corrected chi connectivity index (χ1v) is 6.70. The number of aromatic carboxylic acids is 1. The third-order valence-corrected chi connectivity index (χ3v) is 3.07. The topological polar surface area (TPSA) is 76.0 Å². The first-order valence-electron chi connectivity index (χ1n) is 6.70. The van der Waals surface area contributed by atoms with E-state index in [-0.39, 0.29) is 5.56 Å². The van der Waals surface area contributed by atoms with Crippen LogP contribution < -0.4 is 0 Å². The second-order valence-electron chi connectivity index (χ2n) is 4.47. The Morgan fingerprint density at radius 3 is 2.75 bits per heavy atom. The molecule has 0 spiro atoms. The molecule has 0 amide bonds. The lowest BCUT2D eigenvalue weighted by molar-refractivity contribution is 0.0694. The Hall–Kier alpha value is -2.30. The van der Waals surface area contributed by atoms with Crippen LogP contribution in [-0.4, -0.2) is 26.0 Å². The fraction of sp³-hybridized carbons (Fsp3) is 0.333. The van der Waals surface area contributed by atoms with Crippen LogP contribution in [0.5, 0.6) is 0 Å². The third-order valence-electron chi connectivity index (χ3n) is 3.07. The van der Waals surface area contributed by atoms with Crippen molar-refractivity contribution in [2.45, 2.75) is 33.1 Å². The van der Waals surface area contributed by atoms with Gasteiger partial charge >= 0.3 is 5.97 Å². The van der Waals surface area contributed by atoms with Crippen molar-refractivity contribution in [2.24, 2.45) is 0 Å². The largest absolute Gasteiger partial charge is 0.478 e. The van der Waals surface area contributed by atoms with Crippen molar-refractivity contribution in [3.8, 4) is 11.5 Å². The number of nitrogens with zero attached hydrogens (tertiary/aromatic N) is 3. The number of hydrogen-bond acceptors (Lipinski definition) is 4. The predicted molar refractivity (Wildman–Crippen MR) is 75.6 cm³/mol. The van der Waals surface area contributed by atoms with Gasteiger partial charge < -0.3 is 5.11 Å². The van der Waals surface area contributed by atoms with Crippen LogP contribution in [0.3, 0.4) is 0 Å². The second-order valence-corrected chi connectivity index (χ2v) is 4.47. The molecule has 104 valence electrons. The minimum absolute atomic E-state index is 0.171. The molecule has 2 aromatic heterocycles. The first-order chi connectivity index (χ1) is 9.67. The highest BCUT2D eigenvalue weighted by atomic mass is 16.4. The van der Waals surface area contributed by atoms with E-state index < -0.39 is 5.97 Å². The highest BCUT2D eigenvalue weighted by Crippen LogP contribution is 2.19. The van der Waals surface area contributed by atoms with Crippen LogP contribution in [0.25, 0.3) is 11.5 Å². The molecule has 0 fully saturated rings. The molecule has 1 N–H and O–H groups in total. The van der Waals surface area contributed by atoms with Crippen molar-refractivity contribution in [1.29, 1.82) is 0 Å². The molecule has 2 rings (SSSR count). The molecule has 0 saturated carbocycles. The van der Waals surface area contributed by atoms with Crippen LogP contribution in [-0.2, 0) is 12.8 Å². The fourth-order valence-electron chi connectivity index (χ4n) is 2.06. The van der Waals surface area contributed by atoms with Gasteiger partial charge in [0, 0.05) is 12.4 Å². The number of pyridine rings is 1. The van der Waals surface area contributed by atoms with E-state index in [1.165, 1.54) is 6.20 Å². The molecule has 20 heavy (non-hydrogen) atoms. The zero-order valence-corrected chi connectivity index (χ0v) is 11.6. The Morgan fingerprint density at radius 2 is 2.10 bits per heavy atom. The molecule has 2 aromatic rings. The second kappa shape index (κ2) is 6.23. The summed E-state index contributed by atoms with van der Waals surface area (Å²) < 4.78 is 0. The minimum atomic E-state index is -0.989. The Kier molecular flexibility index (Phi) is 4.40. The van der Waals surface area contributed by atoms with Crippen LogP contribution in [0.15, 0.2) is 24.5 Å². The van der Waals surface area contributed by atoms with Crippen LogP contribution >= 0.6 is 0 Å². The Bertz CT molecular complexity index is 626. The third kappa shape index (κ3) is 2.82. The average Bonchev–Trinajstić information content (AvgIpc) is 2.47. The van der Waals surface area contributed by atoms with Crippen LogP contribution in [0.4, 0.5) is 0 Å². The predicted octanol–water partition coefficient (Wildman–Crippen LogP) is 2.75. The molecule has 2 heterocycles. The molecule has 0 unspecified atom stereocenters. The summed E-state index contributed by atoms with van der Waals surface area (Å²) in [5.74, 6) is -0.493. The van der Waals surface area contributed by atoms with Crippen molar-refractivity contribution in [3.05, 3.63) is 41.3 Å². The van der Waals surface area contributed by atoms with E-state index in [4.69, 9.17) is 5.11 Å². The summed E-state index contributed by atoms with van der Waals surface area (Å²) in [6.07, 6.45) is 5.35. The molecular formula is C15H17N3O2. The van der Waals surface area contributed by atoms with E-state index in [9.17, 15) is 4.79 Å². The van der Waals surface area contributed by atoms with Gasteiger partial charge in [-0.05, 0) is 24.5 Å². The number of carboxylic acids is 1. The van der Waals surface area contributed by atoms with Gasteiger partial charge in [0.05, 0.1) is 11.3 Å². The number of aromatic nitrogens is 3. The molecule has 0 aliphatic carbocycles. The monoisotopic (exact) mass is 271 g/mol. The zero-order valence-electron chi connectivity index (χ0n) is 11.6. The number of hydrogen-bond donors (Lipinski definition) is 1. The molecule has 0 saturated heterocycles. The highest BCUT2D eigenvalue weighted by Gasteiger charge is 2.15. The first kappa shape index (κ1) is 14.1. The average molecular weight is 271 g/mol. The van der Waals surface area contributed by atoms with Crippen molar-refractivity contribution in [1.82, 2.24) is 15.0 Å². The van der Waals surface area contributed by atoms with Crippen molar-refractivity contribution >= 4 is 5.97 Å². The lowest BCUT2D eigenvalue weighted by Gasteiger charge is -2.08. The lowest BCUT2D eigenvalue weighted by atomic mass is 10.1. The summed E-state index contributed by atoms with van der Waals surface area (Å²) >= 11 is 0. The number of carbonyl (C=O) groups is 1. The number of rotatable bonds is 5. The smallest absolute Gasteiger partial charge is 0.339 e. The molecule has 0 atom stereocenters. The molecule has 0 radical (unpaired) electrons. The Morgan fingerprint density at radius 1 is 1.30 bits per heavy atom. The van der Waals surface area contributed by atoms with Crippen molar-refractivity contribution < 1.29 is 9.90 Å². The summed E-state index contributed by atoms with van der Waals surface area (Å²) in [4.78, 5) is 24.1. The highest BCUT2D eigenvalue weighted by molar-refractivity contribution is 5.88. The molecule has 0 aliphatic rings. The van der Waals surface area contributed by atoms with E-state index >= 15 is 0 Å².